The third-order valence-corrected chi connectivity index (χ3v) is 8.86. The zero-order chi connectivity index (χ0) is 30.2. The summed E-state index contributed by atoms with van der Waals surface area (Å²) in [7, 11) is 7.27. The minimum atomic E-state index is -1.48. The Morgan fingerprint density at radius 1 is 1.05 bits per heavy atom. The van der Waals surface area contributed by atoms with Crippen molar-refractivity contribution < 1.29 is 33.6 Å². The van der Waals surface area contributed by atoms with Crippen LogP contribution in [0.15, 0.2) is 37.0 Å². The van der Waals surface area contributed by atoms with Crippen LogP contribution in [0, 0.1) is 23.7 Å². The molecule has 12 atom stereocenters. The van der Waals surface area contributed by atoms with Gasteiger partial charge in [-0.2, -0.15) is 0 Å². The van der Waals surface area contributed by atoms with Crippen LogP contribution in [0.1, 0.15) is 60.8 Å². The van der Waals surface area contributed by atoms with Crippen molar-refractivity contribution in [3.63, 3.8) is 0 Å². The molecule has 8 heteroatoms. The average Bonchev–Trinajstić information content (AvgIpc) is 2.88. The molecule has 1 fully saturated rings. The number of nitrogens with zero attached hydrogens (tertiary/aromatic N) is 1. The van der Waals surface area contributed by atoms with Crippen LogP contribution in [-0.4, -0.2) is 92.7 Å². The monoisotopic (exact) mass is 565 g/mol. The first-order chi connectivity index (χ1) is 18.8. The van der Waals surface area contributed by atoms with Crippen LogP contribution < -0.4 is 0 Å². The highest BCUT2D eigenvalue weighted by Gasteiger charge is 2.50. The van der Waals surface area contributed by atoms with E-state index in [1.807, 2.05) is 53.1 Å². The van der Waals surface area contributed by atoms with Gasteiger partial charge in [-0.05, 0) is 52.1 Å². The molecular formula is C32H55NO7. The van der Waals surface area contributed by atoms with Gasteiger partial charge in [0, 0.05) is 32.6 Å². The number of esters is 1. The van der Waals surface area contributed by atoms with Crippen molar-refractivity contribution in [1.29, 1.82) is 0 Å². The minimum Gasteiger partial charge on any atom is -0.462 e. The Morgan fingerprint density at radius 2 is 1.70 bits per heavy atom. The molecule has 0 aromatic heterocycles. The van der Waals surface area contributed by atoms with Gasteiger partial charge in [0.25, 0.3) is 0 Å². The summed E-state index contributed by atoms with van der Waals surface area (Å²) in [6, 6.07) is 0.0220. The lowest BCUT2D eigenvalue weighted by Gasteiger charge is -2.50. The zero-order valence-corrected chi connectivity index (χ0v) is 26.4. The van der Waals surface area contributed by atoms with Crippen molar-refractivity contribution >= 4 is 5.97 Å². The third-order valence-electron chi connectivity index (χ3n) is 8.86. The van der Waals surface area contributed by atoms with Crippen LogP contribution in [0.25, 0.3) is 0 Å². The number of hydrogen-bond acceptors (Lipinski definition) is 8. The topological polar surface area (TPSA) is 86.7 Å². The second-order valence-electron chi connectivity index (χ2n) is 12.2. The van der Waals surface area contributed by atoms with Crippen LogP contribution >= 0.6 is 0 Å². The van der Waals surface area contributed by atoms with Gasteiger partial charge in [0.15, 0.2) is 6.29 Å². The van der Waals surface area contributed by atoms with E-state index in [1.165, 1.54) is 0 Å². The average molecular weight is 566 g/mol. The number of aliphatic hydroxyl groups is 1. The summed E-state index contributed by atoms with van der Waals surface area (Å²) in [5, 5.41) is 12.3. The standard InChI is InChI=1S/C32H55NO7/c1-12-32(35)19-22(4)20(2)16-14-13-15-17-23(5)38-26(34)18-21(3)28(36-10)30(32)40-31-29(37-11)27(33(8)9)24(6)25(7)39-31/h12-16,20-25,27-31,35H,1,17-19H2,2-11H3/b15-13+,16-14+/t20-,21+,22+,23+,24?,25?,27?,28-,29?,30+,31?,32+/m0/s1. The second-order valence-corrected chi connectivity index (χ2v) is 12.2. The molecule has 0 amide bonds. The van der Waals surface area contributed by atoms with Gasteiger partial charge in [-0.15, -0.1) is 6.58 Å². The van der Waals surface area contributed by atoms with Crippen LogP contribution in [0.5, 0.6) is 0 Å². The van der Waals surface area contributed by atoms with Gasteiger partial charge in [-0.25, -0.2) is 0 Å². The van der Waals surface area contributed by atoms with E-state index in [4.69, 9.17) is 23.7 Å². The molecule has 2 rings (SSSR count). The Morgan fingerprint density at radius 3 is 2.27 bits per heavy atom. The van der Waals surface area contributed by atoms with Gasteiger partial charge in [0.2, 0.25) is 0 Å². The molecule has 1 N–H and O–H groups in total. The van der Waals surface area contributed by atoms with Crippen molar-refractivity contribution in [2.45, 2.75) is 109 Å². The van der Waals surface area contributed by atoms with Crippen molar-refractivity contribution in [1.82, 2.24) is 4.90 Å². The van der Waals surface area contributed by atoms with E-state index < -0.39 is 30.2 Å². The quantitative estimate of drug-likeness (QED) is 0.364. The number of carbonyl (C=O) groups is 1. The van der Waals surface area contributed by atoms with E-state index in [2.05, 4.69) is 38.3 Å². The number of rotatable bonds is 6. The van der Waals surface area contributed by atoms with Crippen molar-refractivity contribution in [3.8, 4) is 0 Å². The highest BCUT2D eigenvalue weighted by molar-refractivity contribution is 5.70. The largest absolute Gasteiger partial charge is 0.462 e. The molecular weight excluding hydrogens is 510 g/mol. The summed E-state index contributed by atoms with van der Waals surface area (Å²) in [6.45, 7) is 16.2. The number of methoxy groups -OCH3 is 2. The predicted octanol–water partition coefficient (Wildman–Crippen LogP) is 4.77. The predicted molar refractivity (Wildman–Crippen MR) is 158 cm³/mol. The first-order valence-electron chi connectivity index (χ1n) is 14.7. The molecule has 0 radical (unpaired) electrons. The molecule has 1 saturated heterocycles. The van der Waals surface area contributed by atoms with E-state index in [9.17, 15) is 9.90 Å². The van der Waals surface area contributed by atoms with Gasteiger partial charge in [-0.1, -0.05) is 58.1 Å². The van der Waals surface area contributed by atoms with E-state index in [-0.39, 0.29) is 54.3 Å². The molecule has 5 unspecified atom stereocenters. The van der Waals surface area contributed by atoms with Crippen LogP contribution in [0.4, 0.5) is 0 Å². The summed E-state index contributed by atoms with van der Waals surface area (Å²) in [5.41, 5.74) is -1.48. The fraction of sp³-hybridized carbons (Fsp3) is 0.781. The van der Waals surface area contributed by atoms with Gasteiger partial charge in [0.1, 0.15) is 23.9 Å². The highest BCUT2D eigenvalue weighted by atomic mass is 16.7. The van der Waals surface area contributed by atoms with Crippen molar-refractivity contribution in [2.75, 3.05) is 28.3 Å². The van der Waals surface area contributed by atoms with Crippen molar-refractivity contribution in [3.05, 3.63) is 37.0 Å². The molecule has 0 aromatic carbocycles. The Kier molecular flexibility index (Phi) is 13.5. The number of carbonyl (C=O) groups excluding carboxylic acids is 1. The maximum atomic E-state index is 12.9. The molecule has 0 saturated carbocycles. The zero-order valence-electron chi connectivity index (χ0n) is 26.4. The maximum Gasteiger partial charge on any atom is 0.306 e. The normalized spacial score (nSPS) is 44.1. The minimum absolute atomic E-state index is 0.0220. The lowest BCUT2D eigenvalue weighted by molar-refractivity contribution is -0.314. The fourth-order valence-electron chi connectivity index (χ4n) is 6.05. The smallest absolute Gasteiger partial charge is 0.306 e. The van der Waals surface area contributed by atoms with Crippen molar-refractivity contribution in [2.24, 2.45) is 23.7 Å². The number of hydrogen-bond donors (Lipinski definition) is 1. The fourth-order valence-corrected chi connectivity index (χ4v) is 6.05. The molecule has 2 aliphatic heterocycles. The molecule has 40 heavy (non-hydrogen) atoms. The first kappa shape index (κ1) is 34.7. The van der Waals surface area contributed by atoms with E-state index >= 15 is 0 Å². The third kappa shape index (κ3) is 8.73. The molecule has 2 aliphatic rings. The van der Waals surface area contributed by atoms with E-state index in [0.717, 1.165) is 0 Å². The number of likely N-dealkylation sites (N-methyl/N-ethyl adjacent to an activating group) is 1. The molecule has 0 aliphatic carbocycles. The Bertz CT molecular complexity index is 860. The number of ether oxygens (including phenoxy) is 5. The molecule has 2 heterocycles. The summed E-state index contributed by atoms with van der Waals surface area (Å²) >= 11 is 0. The van der Waals surface area contributed by atoms with Crippen LogP contribution in [-0.2, 0) is 28.5 Å². The van der Waals surface area contributed by atoms with Crippen LogP contribution in [0.3, 0.4) is 0 Å². The second kappa shape index (κ2) is 15.6. The highest BCUT2D eigenvalue weighted by Crippen LogP contribution is 2.38. The van der Waals surface area contributed by atoms with E-state index in [1.54, 1.807) is 20.3 Å². The van der Waals surface area contributed by atoms with Gasteiger partial charge in [-0.3, -0.25) is 4.79 Å². The summed E-state index contributed by atoms with van der Waals surface area (Å²) in [6.07, 6.45) is 7.65. The Balaban J connectivity index is 2.56. The van der Waals surface area contributed by atoms with Gasteiger partial charge < -0.3 is 33.7 Å². The van der Waals surface area contributed by atoms with Gasteiger partial charge in [0.05, 0.1) is 18.6 Å². The summed E-state index contributed by atoms with van der Waals surface area (Å²) in [5.74, 6) is -0.203. The Hall–Kier alpha value is -1.55. The lowest BCUT2D eigenvalue weighted by atomic mass is 9.77. The summed E-state index contributed by atoms with van der Waals surface area (Å²) in [4.78, 5) is 15.0. The molecule has 0 aromatic rings. The molecule has 230 valence electrons. The Labute approximate surface area is 242 Å². The number of cyclic esters (lactones) is 1. The maximum absolute atomic E-state index is 12.9. The van der Waals surface area contributed by atoms with Crippen LogP contribution in [0.2, 0.25) is 0 Å². The SMILES string of the molecule is C=C[C@@]1(O)C[C@@H](C)[C@@H](C)/C=C/C=C/C[C@@H](C)OC(=O)C[C@@H](C)[C@H](OC)[C@H]1OC1OC(C)C(C)C(N(C)C)C1OC. The number of allylic oxidation sites excluding steroid dienone is 3. The summed E-state index contributed by atoms with van der Waals surface area (Å²) < 4.78 is 30.8. The molecule has 0 spiro atoms. The lowest BCUT2D eigenvalue weighted by Crippen LogP contribution is -2.63. The molecule has 0 bridgehead atoms. The first-order valence-corrected chi connectivity index (χ1v) is 14.7. The van der Waals surface area contributed by atoms with E-state index in [0.29, 0.717) is 12.8 Å². The van der Waals surface area contributed by atoms with Gasteiger partial charge >= 0.3 is 5.97 Å². The molecule has 8 nitrogen and oxygen atoms in total.